The zero-order chi connectivity index (χ0) is 58.3. The molecule has 7 aromatic carbocycles. The number of aromatic nitrogens is 4. The van der Waals surface area contributed by atoms with Gasteiger partial charge in [0.1, 0.15) is 11.3 Å². The maximum Gasteiger partial charge on any atom is 0.264 e. The summed E-state index contributed by atoms with van der Waals surface area (Å²) < 4.78 is 34.7. The number of nitrogens with two attached hydrogens (primary N) is 2. The molecule has 0 spiro atoms. The van der Waals surface area contributed by atoms with Crippen LogP contribution >= 0.6 is 0 Å². The average molecular weight is 1150 g/mol. The van der Waals surface area contributed by atoms with Gasteiger partial charge in [-0.2, -0.15) is 4.31 Å². The summed E-state index contributed by atoms with van der Waals surface area (Å²) in [6.45, 7) is 7.69. The summed E-state index contributed by atoms with van der Waals surface area (Å²) in [5, 5.41) is 10.2. The number of imidazole rings is 2. The maximum absolute atomic E-state index is 15.0. The van der Waals surface area contributed by atoms with E-state index >= 15 is 4.79 Å². The predicted octanol–water partition coefficient (Wildman–Crippen LogP) is 18.7. The van der Waals surface area contributed by atoms with Crippen LogP contribution in [-0.2, 0) is 16.4 Å². The fourth-order valence-electron chi connectivity index (χ4n) is 14.3. The molecule has 0 amide bonds. The Hall–Kier alpha value is -6.37. The number of nitrogens with zero attached hydrogens (tertiary/aromatic N) is 5. The third-order valence-electron chi connectivity index (χ3n) is 18.8. The fourth-order valence-corrected chi connectivity index (χ4v) is 15.9. The molecule has 444 valence electrons. The van der Waals surface area contributed by atoms with Crippen LogP contribution in [0.2, 0.25) is 0 Å². The number of nitrogen functional groups attached to an aromatic ring is 2. The lowest BCUT2D eigenvalue weighted by molar-refractivity contribution is 0.383. The first-order valence-electron chi connectivity index (χ1n) is 33.0. The van der Waals surface area contributed by atoms with Crippen LogP contribution in [0.4, 0.5) is 11.4 Å². The standard InChI is InChI=1S/C72H91N7O4S/c1-4-7-10-13-16-19-22-25-28-31-34-49-45-59(73)67-61(46-49)75-69-55-39-35-51-54-38-42-58-66-56(40-36-52(64(54)66)53-37-41-57(65(55)63(51)53)71(80)78(67)69)70-76-62-48-50(47-60(74)68(62)79(70)72(58)81)84(82,83)77(43-32-29-26-23-20-17-14-11-8-5-2)44-33-30-27-24-21-18-15-12-9-6-3/h35-42,45-48H,4-34,43-44,73-74H2,1-3H3. The van der Waals surface area contributed by atoms with Crippen molar-refractivity contribution in [2.24, 2.45) is 0 Å². The smallest absolute Gasteiger partial charge is 0.264 e. The van der Waals surface area contributed by atoms with E-state index in [0.29, 0.717) is 57.4 Å². The summed E-state index contributed by atoms with van der Waals surface area (Å²) in [4.78, 5) is 40.3. The third kappa shape index (κ3) is 11.7. The van der Waals surface area contributed by atoms with Crippen molar-refractivity contribution < 1.29 is 8.42 Å². The number of unbranched alkanes of at least 4 members (excludes halogenated alkanes) is 27. The first-order chi connectivity index (χ1) is 41.1. The second kappa shape index (κ2) is 26.9. The van der Waals surface area contributed by atoms with Crippen LogP contribution in [0.5, 0.6) is 0 Å². The van der Waals surface area contributed by atoms with E-state index < -0.39 is 10.0 Å². The number of aryl methyl sites for hydroxylation is 1. The molecule has 0 aliphatic heterocycles. The van der Waals surface area contributed by atoms with Crippen LogP contribution in [0.25, 0.3) is 98.0 Å². The molecular weight excluding hydrogens is 1060 g/mol. The highest BCUT2D eigenvalue weighted by Gasteiger charge is 2.29. The number of hydrogen-bond donors (Lipinski definition) is 2. The van der Waals surface area contributed by atoms with E-state index in [4.69, 9.17) is 21.4 Å². The average Bonchev–Trinajstić information content (AvgIpc) is 1.18. The predicted molar refractivity (Wildman–Crippen MR) is 357 cm³/mol. The van der Waals surface area contributed by atoms with E-state index in [1.54, 1.807) is 25.2 Å². The molecule has 4 N–H and O–H groups in total. The maximum atomic E-state index is 15.0. The molecule has 4 aromatic heterocycles. The molecule has 0 saturated carbocycles. The van der Waals surface area contributed by atoms with E-state index in [0.717, 1.165) is 116 Å². The second-order valence-corrected chi connectivity index (χ2v) is 26.9. The lowest BCUT2D eigenvalue weighted by Crippen LogP contribution is -2.33. The van der Waals surface area contributed by atoms with Crippen molar-refractivity contribution in [2.75, 3.05) is 24.6 Å². The van der Waals surface area contributed by atoms with E-state index in [-0.39, 0.29) is 21.7 Å². The Morgan fingerprint density at radius 2 is 0.714 bits per heavy atom. The number of benzene rings is 7. The summed E-state index contributed by atoms with van der Waals surface area (Å²) in [5.74, 6) is 0. The zero-order valence-corrected chi connectivity index (χ0v) is 51.5. The Labute approximate surface area is 496 Å². The second-order valence-electron chi connectivity index (χ2n) is 24.9. The molecule has 0 aliphatic carbocycles. The molecule has 11 nitrogen and oxygen atoms in total. The van der Waals surface area contributed by atoms with Gasteiger partial charge in [0.2, 0.25) is 10.0 Å². The molecule has 0 unspecified atom stereocenters. The first kappa shape index (κ1) is 59.4. The van der Waals surface area contributed by atoms with Crippen molar-refractivity contribution in [1.82, 2.24) is 23.1 Å². The molecule has 0 atom stereocenters. The van der Waals surface area contributed by atoms with Crippen LogP contribution in [0.15, 0.2) is 87.3 Å². The van der Waals surface area contributed by atoms with E-state index in [1.165, 1.54) is 148 Å². The summed E-state index contributed by atoms with van der Waals surface area (Å²) in [6.07, 6.45) is 37.3. The summed E-state index contributed by atoms with van der Waals surface area (Å²) in [6, 6.07) is 23.6. The minimum Gasteiger partial charge on any atom is -0.397 e. The Bertz CT molecular complexity index is 4260. The van der Waals surface area contributed by atoms with E-state index in [2.05, 4.69) is 45.0 Å². The van der Waals surface area contributed by atoms with Crippen LogP contribution in [0.1, 0.15) is 219 Å². The Balaban J connectivity index is 0.899. The molecule has 0 bridgehead atoms. The van der Waals surface area contributed by atoms with Gasteiger partial charge < -0.3 is 11.5 Å². The lowest BCUT2D eigenvalue weighted by Gasteiger charge is -2.22. The number of anilines is 2. The van der Waals surface area contributed by atoms with Gasteiger partial charge in [0, 0.05) is 45.4 Å². The van der Waals surface area contributed by atoms with Gasteiger partial charge in [0.15, 0.2) is 0 Å². The molecule has 11 aromatic rings. The number of pyridine rings is 2. The molecule has 0 fully saturated rings. The highest BCUT2D eigenvalue weighted by atomic mass is 32.2. The first-order valence-corrected chi connectivity index (χ1v) is 34.4. The quantitative estimate of drug-likeness (QED) is 0.0172. The van der Waals surface area contributed by atoms with Crippen molar-refractivity contribution in [2.45, 2.75) is 225 Å². The highest BCUT2D eigenvalue weighted by Crippen LogP contribution is 2.46. The Kier molecular flexibility index (Phi) is 19.0. The van der Waals surface area contributed by atoms with Crippen LogP contribution in [0.3, 0.4) is 0 Å². The zero-order valence-electron chi connectivity index (χ0n) is 50.7. The topological polar surface area (TPSA) is 158 Å². The molecule has 0 radical (unpaired) electrons. The number of fused-ring (bicyclic) bond motifs is 10. The number of hydrogen-bond acceptors (Lipinski definition) is 8. The van der Waals surface area contributed by atoms with Gasteiger partial charge in [-0.3, -0.25) is 18.4 Å². The minimum absolute atomic E-state index is 0.114. The molecule has 0 aliphatic rings. The van der Waals surface area contributed by atoms with Gasteiger partial charge in [0.05, 0.1) is 38.3 Å². The number of rotatable bonds is 35. The minimum atomic E-state index is -3.96. The molecule has 11 rings (SSSR count). The van der Waals surface area contributed by atoms with Gasteiger partial charge in [-0.15, -0.1) is 0 Å². The van der Waals surface area contributed by atoms with Crippen molar-refractivity contribution in [1.29, 1.82) is 0 Å². The Morgan fingerprint density at radius 1 is 0.393 bits per heavy atom. The van der Waals surface area contributed by atoms with Gasteiger partial charge in [-0.1, -0.05) is 218 Å². The van der Waals surface area contributed by atoms with Gasteiger partial charge >= 0.3 is 0 Å². The van der Waals surface area contributed by atoms with E-state index in [9.17, 15) is 13.2 Å². The largest absolute Gasteiger partial charge is 0.397 e. The van der Waals surface area contributed by atoms with Gasteiger partial charge in [-0.25, -0.2) is 18.4 Å². The van der Waals surface area contributed by atoms with Gasteiger partial charge in [-0.05, 0) is 112 Å². The van der Waals surface area contributed by atoms with Crippen molar-refractivity contribution >= 4 is 119 Å². The monoisotopic (exact) mass is 1150 g/mol. The molecule has 0 saturated heterocycles. The van der Waals surface area contributed by atoms with Crippen LogP contribution in [0, 0.1) is 0 Å². The lowest BCUT2D eigenvalue weighted by atomic mass is 9.86. The summed E-state index contributed by atoms with van der Waals surface area (Å²) >= 11 is 0. The summed E-state index contributed by atoms with van der Waals surface area (Å²) in [7, 11) is -3.96. The summed E-state index contributed by atoms with van der Waals surface area (Å²) in [5.41, 5.74) is 18.5. The van der Waals surface area contributed by atoms with E-state index in [1.807, 2.05) is 36.4 Å². The molecule has 84 heavy (non-hydrogen) atoms. The van der Waals surface area contributed by atoms with Gasteiger partial charge in [0.25, 0.3) is 11.1 Å². The molecular formula is C72H91N7O4S. The SMILES string of the molecule is CCCCCCCCCCCCc1cc(N)c2c(c1)nc1c3ccc4c5ccc6c(=O)n7c(nc8cc(S(=O)(=O)N(CCCCCCCCCCCC)CCCCCCCCCCCC)cc(N)c87)c7ccc(c8ccc(c(=O)n12)c3c48)c5c67. The Morgan fingerprint density at radius 3 is 1.12 bits per heavy atom. The van der Waals surface area contributed by atoms with Crippen molar-refractivity contribution in [3.05, 3.63) is 99.1 Å². The van der Waals surface area contributed by atoms with Crippen molar-refractivity contribution in [3.8, 4) is 0 Å². The molecule has 12 heteroatoms. The normalized spacial score (nSPS) is 12.8. The van der Waals surface area contributed by atoms with Crippen molar-refractivity contribution in [3.63, 3.8) is 0 Å². The molecule has 4 heterocycles. The van der Waals surface area contributed by atoms with Crippen LogP contribution < -0.4 is 22.6 Å². The van der Waals surface area contributed by atoms with Crippen LogP contribution in [-0.4, -0.2) is 44.6 Å². The number of sulfonamides is 1. The highest BCUT2D eigenvalue weighted by molar-refractivity contribution is 7.89. The third-order valence-corrected chi connectivity index (χ3v) is 20.7. The fraction of sp³-hybridized carbons (Fsp3) is 0.500.